The molecule has 6 heteroatoms. The van der Waals surface area contributed by atoms with E-state index in [9.17, 15) is 9.59 Å². The highest BCUT2D eigenvalue weighted by molar-refractivity contribution is 14.1. The van der Waals surface area contributed by atoms with Crippen molar-refractivity contribution in [3.8, 4) is 0 Å². The van der Waals surface area contributed by atoms with Crippen LogP contribution in [0.3, 0.4) is 0 Å². The van der Waals surface area contributed by atoms with Gasteiger partial charge in [0.1, 0.15) is 17.2 Å². The fourth-order valence-corrected chi connectivity index (χ4v) is 1.79. The maximum absolute atomic E-state index is 12.1. The first-order valence-corrected chi connectivity index (χ1v) is 8.25. The van der Waals surface area contributed by atoms with Crippen molar-refractivity contribution in [3.63, 3.8) is 0 Å². The Morgan fingerprint density at radius 2 is 1.55 bits per heavy atom. The van der Waals surface area contributed by atoms with Crippen LogP contribution in [-0.2, 0) is 14.3 Å². The number of rotatable bonds is 5. The zero-order valence-electron chi connectivity index (χ0n) is 13.2. The van der Waals surface area contributed by atoms with E-state index in [0.29, 0.717) is 6.42 Å². The number of amides is 1. The van der Waals surface area contributed by atoms with Crippen LogP contribution in [0.25, 0.3) is 0 Å². The molecule has 0 aromatic heterocycles. The Morgan fingerprint density at radius 1 is 1.05 bits per heavy atom. The number of nitrogens with one attached hydrogen (secondary N) is 1. The van der Waals surface area contributed by atoms with Gasteiger partial charge in [-0.15, -0.1) is 0 Å². The van der Waals surface area contributed by atoms with Crippen LogP contribution < -0.4 is 5.32 Å². The molecule has 0 saturated carbocycles. The molecule has 0 rings (SSSR count). The Kier molecular flexibility index (Phi) is 7.83. The van der Waals surface area contributed by atoms with Crippen LogP contribution in [0.5, 0.6) is 0 Å². The van der Waals surface area contributed by atoms with Crippen molar-refractivity contribution in [2.75, 3.05) is 4.43 Å². The van der Waals surface area contributed by atoms with Crippen molar-refractivity contribution in [1.82, 2.24) is 5.32 Å². The van der Waals surface area contributed by atoms with Gasteiger partial charge >= 0.3 is 12.1 Å². The molecule has 0 saturated heterocycles. The predicted molar refractivity (Wildman–Crippen MR) is 87.1 cm³/mol. The fraction of sp³-hybridized carbons (Fsp3) is 0.857. The lowest BCUT2D eigenvalue weighted by molar-refractivity contribution is -0.157. The molecule has 0 aliphatic rings. The van der Waals surface area contributed by atoms with E-state index in [0.717, 1.165) is 10.8 Å². The van der Waals surface area contributed by atoms with E-state index in [-0.39, 0.29) is 0 Å². The first kappa shape index (κ1) is 19.5. The normalized spacial score (nSPS) is 13.6. The Bertz CT molecular complexity index is 331. The second-order valence-electron chi connectivity index (χ2n) is 6.56. The van der Waals surface area contributed by atoms with Gasteiger partial charge < -0.3 is 14.8 Å². The highest BCUT2D eigenvalue weighted by atomic mass is 127. The summed E-state index contributed by atoms with van der Waals surface area (Å²) in [4.78, 5) is 23.8. The molecule has 0 unspecified atom stereocenters. The zero-order valence-corrected chi connectivity index (χ0v) is 15.4. The third-order valence-electron chi connectivity index (χ3n) is 2.01. The monoisotopic (exact) mass is 399 g/mol. The second-order valence-corrected chi connectivity index (χ2v) is 7.64. The summed E-state index contributed by atoms with van der Waals surface area (Å²) in [6.45, 7) is 10.7. The number of hydrogen-bond acceptors (Lipinski definition) is 4. The van der Waals surface area contributed by atoms with Gasteiger partial charge in [-0.3, -0.25) is 0 Å². The molecule has 1 atom stereocenters. The molecule has 118 valence electrons. The van der Waals surface area contributed by atoms with E-state index >= 15 is 0 Å². The Labute approximate surface area is 135 Å². The van der Waals surface area contributed by atoms with E-state index in [1.807, 2.05) is 0 Å². The van der Waals surface area contributed by atoms with Crippen molar-refractivity contribution in [1.29, 1.82) is 0 Å². The van der Waals surface area contributed by atoms with E-state index in [4.69, 9.17) is 9.47 Å². The van der Waals surface area contributed by atoms with E-state index < -0.39 is 29.3 Å². The SMILES string of the molecule is CC(C)(C)OC(=O)N[C@@H](CCCI)C(=O)OC(C)(C)C. The van der Waals surface area contributed by atoms with Gasteiger partial charge in [-0.2, -0.15) is 0 Å². The third-order valence-corrected chi connectivity index (χ3v) is 2.77. The number of alkyl carbamates (subject to hydrolysis) is 1. The second kappa shape index (κ2) is 8.05. The Morgan fingerprint density at radius 3 is 1.95 bits per heavy atom. The van der Waals surface area contributed by atoms with Crippen LogP contribution in [0.15, 0.2) is 0 Å². The van der Waals surface area contributed by atoms with E-state index in [2.05, 4.69) is 27.9 Å². The molecule has 0 fully saturated rings. The maximum atomic E-state index is 12.1. The lowest BCUT2D eigenvalue weighted by Gasteiger charge is -2.26. The minimum absolute atomic E-state index is 0.423. The molecule has 20 heavy (non-hydrogen) atoms. The average molecular weight is 399 g/mol. The van der Waals surface area contributed by atoms with E-state index in [1.165, 1.54) is 0 Å². The van der Waals surface area contributed by atoms with Crippen LogP contribution >= 0.6 is 22.6 Å². The van der Waals surface area contributed by atoms with Crippen LogP contribution in [0.4, 0.5) is 4.79 Å². The first-order chi connectivity index (χ1) is 8.94. The van der Waals surface area contributed by atoms with Gasteiger partial charge in [0.15, 0.2) is 0 Å². The predicted octanol–water partition coefficient (Wildman–Crippen LogP) is 3.44. The van der Waals surface area contributed by atoms with Crippen molar-refractivity contribution >= 4 is 34.7 Å². The standard InChI is InChI=1S/C14H26INO4/c1-13(2,3)19-11(17)10(8-7-9-15)16-12(18)20-14(4,5)6/h10H,7-9H2,1-6H3,(H,16,18)/t10-/m0/s1. The largest absolute Gasteiger partial charge is 0.458 e. The molecule has 0 bridgehead atoms. The van der Waals surface area contributed by atoms with Gasteiger partial charge in [-0.25, -0.2) is 9.59 Å². The van der Waals surface area contributed by atoms with Crippen molar-refractivity contribution in [2.24, 2.45) is 0 Å². The summed E-state index contributed by atoms with van der Waals surface area (Å²) in [6, 6.07) is -0.668. The molecule has 1 amide bonds. The summed E-state index contributed by atoms with van der Waals surface area (Å²) >= 11 is 2.23. The number of carbonyl (C=O) groups excluding carboxylic acids is 2. The number of ether oxygens (including phenoxy) is 2. The average Bonchev–Trinajstić information content (AvgIpc) is 2.18. The summed E-state index contributed by atoms with van der Waals surface area (Å²) in [5, 5.41) is 2.59. The quantitative estimate of drug-likeness (QED) is 0.437. The van der Waals surface area contributed by atoms with Crippen molar-refractivity contribution in [3.05, 3.63) is 0 Å². The molecule has 0 heterocycles. The molecular weight excluding hydrogens is 373 g/mol. The van der Waals surface area contributed by atoms with Crippen molar-refractivity contribution < 1.29 is 19.1 Å². The van der Waals surface area contributed by atoms with Gasteiger partial charge in [0.25, 0.3) is 0 Å². The van der Waals surface area contributed by atoms with Crippen LogP contribution in [0.1, 0.15) is 54.4 Å². The maximum Gasteiger partial charge on any atom is 0.408 e. The lowest BCUT2D eigenvalue weighted by Crippen LogP contribution is -2.46. The summed E-state index contributed by atoms with van der Waals surface area (Å²) in [6.07, 6.45) is 0.763. The molecule has 0 radical (unpaired) electrons. The number of alkyl halides is 1. The van der Waals surface area contributed by atoms with E-state index in [1.54, 1.807) is 41.5 Å². The molecule has 5 nitrogen and oxygen atoms in total. The van der Waals surface area contributed by atoms with Gasteiger partial charge in [0.2, 0.25) is 0 Å². The Hall–Kier alpha value is -0.530. The lowest BCUT2D eigenvalue weighted by atomic mass is 10.1. The zero-order chi connectivity index (χ0) is 16.0. The molecule has 0 aromatic rings. The molecule has 1 N–H and O–H groups in total. The minimum atomic E-state index is -0.668. The highest BCUT2D eigenvalue weighted by Gasteiger charge is 2.28. The van der Waals surface area contributed by atoms with Crippen molar-refractivity contribution in [2.45, 2.75) is 71.6 Å². The first-order valence-electron chi connectivity index (χ1n) is 6.73. The summed E-state index contributed by atoms with van der Waals surface area (Å²) in [5.74, 6) is -0.423. The molecule has 0 spiro atoms. The van der Waals surface area contributed by atoms with Gasteiger partial charge in [-0.05, 0) is 58.8 Å². The molecule has 0 aliphatic heterocycles. The fourth-order valence-electron chi connectivity index (χ4n) is 1.35. The summed E-state index contributed by atoms with van der Waals surface area (Å²) in [5.41, 5.74) is -1.17. The third kappa shape index (κ3) is 10.3. The number of carbonyl (C=O) groups is 2. The highest BCUT2D eigenvalue weighted by Crippen LogP contribution is 2.13. The van der Waals surface area contributed by atoms with Crippen LogP contribution in [0.2, 0.25) is 0 Å². The molecule has 0 aliphatic carbocycles. The van der Waals surface area contributed by atoms with Gasteiger partial charge in [0, 0.05) is 0 Å². The Balaban J connectivity index is 4.63. The minimum Gasteiger partial charge on any atom is -0.458 e. The number of hydrogen-bond donors (Lipinski definition) is 1. The molecular formula is C14H26INO4. The smallest absolute Gasteiger partial charge is 0.408 e. The number of halogens is 1. The van der Waals surface area contributed by atoms with Gasteiger partial charge in [0.05, 0.1) is 0 Å². The topological polar surface area (TPSA) is 64.6 Å². The van der Waals surface area contributed by atoms with Crippen LogP contribution in [0, 0.1) is 0 Å². The van der Waals surface area contributed by atoms with Gasteiger partial charge in [-0.1, -0.05) is 22.6 Å². The van der Waals surface area contributed by atoms with Crippen LogP contribution in [-0.4, -0.2) is 33.7 Å². The summed E-state index contributed by atoms with van der Waals surface area (Å²) in [7, 11) is 0. The molecule has 0 aromatic carbocycles. The summed E-state index contributed by atoms with van der Waals surface area (Å²) < 4.78 is 11.4. The number of esters is 1.